The topological polar surface area (TPSA) is 79.5 Å². The van der Waals surface area contributed by atoms with Gasteiger partial charge in [0.15, 0.2) is 0 Å². The molecule has 0 radical (unpaired) electrons. The molecule has 156 valence electrons. The van der Waals surface area contributed by atoms with E-state index in [0.717, 1.165) is 11.3 Å². The number of alkyl carbamates (subject to hydrolysis) is 1. The third kappa shape index (κ3) is 7.31. The molecule has 3 N–H and O–H groups in total. The molecule has 0 heterocycles. The van der Waals surface area contributed by atoms with E-state index in [1.165, 1.54) is 0 Å². The number of anilines is 2. The van der Waals surface area contributed by atoms with Crippen molar-refractivity contribution in [2.24, 2.45) is 0 Å². The van der Waals surface area contributed by atoms with Crippen molar-refractivity contribution in [1.29, 1.82) is 0 Å². The van der Waals surface area contributed by atoms with Crippen LogP contribution < -0.4 is 16.0 Å². The molecule has 7 heteroatoms. The van der Waals surface area contributed by atoms with Crippen molar-refractivity contribution in [1.82, 2.24) is 5.32 Å². The van der Waals surface area contributed by atoms with Gasteiger partial charge in [0.25, 0.3) is 0 Å². The maximum absolute atomic E-state index is 12.3. The number of benzene rings is 2. The minimum absolute atomic E-state index is 0.0761. The van der Waals surface area contributed by atoms with E-state index in [1.807, 2.05) is 43.3 Å². The number of carbonyl (C=O) groups excluding carboxylic acids is 2. The minimum atomic E-state index is -0.764. The zero-order chi connectivity index (χ0) is 21.6. The monoisotopic (exact) mass is 417 g/mol. The van der Waals surface area contributed by atoms with Gasteiger partial charge < -0.3 is 20.7 Å². The summed E-state index contributed by atoms with van der Waals surface area (Å²) >= 11 is 6.38. The average molecular weight is 418 g/mol. The molecular weight excluding hydrogens is 390 g/mol. The van der Waals surface area contributed by atoms with E-state index < -0.39 is 17.7 Å². The Hall–Kier alpha value is -2.73. The van der Waals surface area contributed by atoms with Crippen LogP contribution in [0.3, 0.4) is 0 Å². The first-order valence-electron chi connectivity index (χ1n) is 9.46. The normalized spacial score (nSPS) is 13.2. The summed E-state index contributed by atoms with van der Waals surface area (Å²) in [6, 6.07) is 14.6. The molecule has 0 saturated heterocycles. The predicted molar refractivity (Wildman–Crippen MR) is 117 cm³/mol. The summed E-state index contributed by atoms with van der Waals surface area (Å²) in [5.74, 6) is -0.370. The van der Waals surface area contributed by atoms with E-state index in [9.17, 15) is 9.59 Å². The van der Waals surface area contributed by atoms with E-state index >= 15 is 0 Å². The summed E-state index contributed by atoms with van der Waals surface area (Å²) in [7, 11) is 0. The van der Waals surface area contributed by atoms with Crippen LogP contribution in [0.25, 0.3) is 0 Å². The molecule has 2 aromatic rings. The molecule has 2 aromatic carbocycles. The van der Waals surface area contributed by atoms with Gasteiger partial charge in [-0.1, -0.05) is 41.9 Å². The van der Waals surface area contributed by atoms with Crippen LogP contribution in [0.1, 0.15) is 46.2 Å². The molecule has 0 aliphatic rings. The summed E-state index contributed by atoms with van der Waals surface area (Å²) in [5.41, 5.74) is 1.81. The Labute approximate surface area is 177 Å². The SMILES string of the molecule is CC(Nc1ccc(NC(=O)[C@@H](C)NC(=O)OC(C)(C)C)cc1Cl)c1ccccc1. The lowest BCUT2D eigenvalue weighted by Gasteiger charge is -2.22. The lowest BCUT2D eigenvalue weighted by molar-refractivity contribution is -0.117. The minimum Gasteiger partial charge on any atom is -0.444 e. The van der Waals surface area contributed by atoms with Crippen molar-refractivity contribution in [3.63, 3.8) is 0 Å². The van der Waals surface area contributed by atoms with Crippen molar-refractivity contribution in [3.05, 3.63) is 59.1 Å². The smallest absolute Gasteiger partial charge is 0.408 e. The van der Waals surface area contributed by atoms with E-state index in [2.05, 4.69) is 16.0 Å². The zero-order valence-corrected chi connectivity index (χ0v) is 18.1. The van der Waals surface area contributed by atoms with Crippen LogP contribution in [0.15, 0.2) is 48.5 Å². The lowest BCUT2D eigenvalue weighted by atomic mass is 10.1. The molecule has 2 atom stereocenters. The Bertz CT molecular complexity index is 850. The Morgan fingerprint density at radius 2 is 1.69 bits per heavy atom. The molecule has 29 heavy (non-hydrogen) atoms. The number of rotatable bonds is 6. The van der Waals surface area contributed by atoms with Crippen molar-refractivity contribution in [2.45, 2.75) is 52.3 Å². The number of hydrogen-bond acceptors (Lipinski definition) is 4. The molecule has 0 fully saturated rings. The molecule has 0 aliphatic heterocycles. The fraction of sp³-hybridized carbons (Fsp3) is 0.364. The van der Waals surface area contributed by atoms with Crippen LogP contribution in [-0.4, -0.2) is 23.6 Å². The molecule has 0 saturated carbocycles. The summed E-state index contributed by atoms with van der Waals surface area (Å²) in [5, 5.41) is 9.09. The van der Waals surface area contributed by atoms with Gasteiger partial charge in [-0.25, -0.2) is 4.79 Å². The van der Waals surface area contributed by atoms with Crippen LogP contribution in [0, 0.1) is 0 Å². The van der Waals surface area contributed by atoms with Crippen molar-refractivity contribution >= 4 is 35.0 Å². The molecular formula is C22H28ClN3O3. The standard InChI is InChI=1S/C22H28ClN3O3/c1-14(16-9-7-6-8-10-16)24-19-12-11-17(13-18(19)23)26-20(27)15(2)25-21(28)29-22(3,4)5/h6-15,24H,1-5H3,(H,25,28)(H,26,27)/t14?,15-/m1/s1. The highest BCUT2D eigenvalue weighted by Crippen LogP contribution is 2.29. The van der Waals surface area contributed by atoms with Crippen LogP contribution >= 0.6 is 11.6 Å². The third-order valence-electron chi connectivity index (χ3n) is 4.03. The van der Waals surface area contributed by atoms with Crippen LogP contribution in [0.4, 0.5) is 16.2 Å². The van der Waals surface area contributed by atoms with Gasteiger partial charge in [0.2, 0.25) is 5.91 Å². The number of halogens is 1. The number of ether oxygens (including phenoxy) is 1. The van der Waals surface area contributed by atoms with E-state index in [1.54, 1.807) is 39.8 Å². The molecule has 0 aliphatic carbocycles. The maximum atomic E-state index is 12.3. The zero-order valence-electron chi connectivity index (χ0n) is 17.4. The first-order chi connectivity index (χ1) is 13.5. The van der Waals surface area contributed by atoms with Gasteiger partial charge in [-0.15, -0.1) is 0 Å². The fourth-order valence-electron chi connectivity index (χ4n) is 2.57. The Morgan fingerprint density at radius 3 is 2.28 bits per heavy atom. The van der Waals surface area contributed by atoms with Crippen molar-refractivity contribution in [3.8, 4) is 0 Å². The lowest BCUT2D eigenvalue weighted by Crippen LogP contribution is -2.43. The fourth-order valence-corrected chi connectivity index (χ4v) is 2.80. The molecule has 0 spiro atoms. The number of amides is 2. The van der Waals surface area contributed by atoms with Gasteiger partial charge in [0.05, 0.1) is 10.7 Å². The van der Waals surface area contributed by atoms with Gasteiger partial charge in [-0.05, 0) is 58.4 Å². The van der Waals surface area contributed by atoms with Gasteiger partial charge in [-0.3, -0.25) is 4.79 Å². The number of nitrogens with one attached hydrogen (secondary N) is 3. The Balaban J connectivity index is 1.95. The van der Waals surface area contributed by atoms with E-state index in [0.29, 0.717) is 10.7 Å². The molecule has 6 nitrogen and oxygen atoms in total. The molecule has 0 aromatic heterocycles. The number of carbonyl (C=O) groups is 2. The third-order valence-corrected chi connectivity index (χ3v) is 4.35. The average Bonchev–Trinajstić information content (AvgIpc) is 2.62. The highest BCUT2D eigenvalue weighted by atomic mass is 35.5. The van der Waals surface area contributed by atoms with Crippen molar-refractivity contribution < 1.29 is 14.3 Å². The first-order valence-corrected chi connectivity index (χ1v) is 9.84. The highest BCUT2D eigenvalue weighted by Gasteiger charge is 2.21. The number of hydrogen-bond donors (Lipinski definition) is 3. The second-order valence-corrected chi connectivity index (χ2v) is 8.24. The summed E-state index contributed by atoms with van der Waals surface area (Å²) in [6.45, 7) is 8.90. The van der Waals surface area contributed by atoms with Gasteiger partial charge >= 0.3 is 6.09 Å². The quantitative estimate of drug-likeness (QED) is 0.590. The van der Waals surface area contributed by atoms with Crippen LogP contribution in [0.2, 0.25) is 5.02 Å². The largest absolute Gasteiger partial charge is 0.444 e. The first kappa shape index (κ1) is 22.6. The van der Waals surface area contributed by atoms with E-state index in [4.69, 9.17) is 16.3 Å². The molecule has 0 bridgehead atoms. The van der Waals surface area contributed by atoms with Crippen LogP contribution in [0.5, 0.6) is 0 Å². The Kier molecular flexibility index (Phi) is 7.51. The van der Waals surface area contributed by atoms with Gasteiger partial charge in [0.1, 0.15) is 11.6 Å². The van der Waals surface area contributed by atoms with Crippen molar-refractivity contribution in [2.75, 3.05) is 10.6 Å². The summed E-state index contributed by atoms with van der Waals surface area (Å²) < 4.78 is 5.16. The summed E-state index contributed by atoms with van der Waals surface area (Å²) in [4.78, 5) is 24.1. The van der Waals surface area contributed by atoms with E-state index in [-0.39, 0.29) is 11.9 Å². The highest BCUT2D eigenvalue weighted by molar-refractivity contribution is 6.33. The van der Waals surface area contributed by atoms with Gasteiger partial charge in [-0.2, -0.15) is 0 Å². The van der Waals surface area contributed by atoms with Gasteiger partial charge in [0, 0.05) is 11.7 Å². The Morgan fingerprint density at radius 1 is 1.03 bits per heavy atom. The second-order valence-electron chi connectivity index (χ2n) is 7.83. The second kappa shape index (κ2) is 9.65. The summed E-state index contributed by atoms with van der Waals surface area (Å²) in [6.07, 6.45) is -0.646. The predicted octanol–water partition coefficient (Wildman–Crippen LogP) is 5.36. The molecule has 2 amide bonds. The molecule has 2 rings (SSSR count). The maximum Gasteiger partial charge on any atom is 0.408 e. The molecule has 1 unspecified atom stereocenters. The van der Waals surface area contributed by atoms with Crippen LogP contribution in [-0.2, 0) is 9.53 Å².